The first-order chi connectivity index (χ1) is 8.97. The monoisotopic (exact) mass is 262 g/mol. The van der Waals surface area contributed by atoms with Crippen LogP contribution in [0.3, 0.4) is 0 Å². The Morgan fingerprint density at radius 2 is 1.89 bits per heavy atom. The van der Waals surface area contributed by atoms with Crippen molar-refractivity contribution in [1.82, 2.24) is 0 Å². The van der Waals surface area contributed by atoms with Crippen molar-refractivity contribution in [2.24, 2.45) is 0 Å². The van der Waals surface area contributed by atoms with E-state index in [2.05, 4.69) is 0 Å². The van der Waals surface area contributed by atoms with Crippen molar-refractivity contribution in [2.45, 2.75) is 6.92 Å². The second-order valence-electron chi connectivity index (χ2n) is 4.00. The highest BCUT2D eigenvalue weighted by Gasteiger charge is 2.13. The number of non-ortho nitro benzene ring substituents is 1. The Labute approximate surface area is 108 Å². The fourth-order valence-electron chi connectivity index (χ4n) is 1.59. The molecule has 6 heteroatoms. The van der Waals surface area contributed by atoms with Crippen LogP contribution < -0.4 is 10.5 Å². The van der Waals surface area contributed by atoms with Gasteiger partial charge in [-0.05, 0) is 36.8 Å². The molecule has 0 radical (unpaired) electrons. The van der Waals surface area contributed by atoms with Gasteiger partial charge in [0.25, 0.3) is 5.69 Å². The van der Waals surface area contributed by atoms with E-state index in [9.17, 15) is 14.5 Å². The normalized spacial score (nSPS) is 10.2. The van der Waals surface area contributed by atoms with E-state index in [1.165, 1.54) is 12.1 Å². The van der Waals surface area contributed by atoms with Crippen LogP contribution in [0.5, 0.6) is 11.5 Å². The summed E-state index contributed by atoms with van der Waals surface area (Å²) in [5.74, 6) is -0.411. The van der Waals surface area contributed by atoms with E-state index in [-0.39, 0.29) is 11.4 Å². The average Bonchev–Trinajstić information content (AvgIpc) is 2.34. The molecule has 98 valence electrons. The van der Waals surface area contributed by atoms with Crippen molar-refractivity contribution in [3.05, 3.63) is 57.9 Å². The third-order valence-electron chi connectivity index (χ3n) is 2.55. The number of hydrogen-bond acceptors (Lipinski definition) is 4. The number of nitrogens with two attached hydrogens (primary N) is 1. The number of benzene rings is 2. The minimum atomic E-state index is -0.787. The maximum atomic E-state index is 13.7. The Hall–Kier alpha value is -2.63. The van der Waals surface area contributed by atoms with Gasteiger partial charge in [0.2, 0.25) is 0 Å². The minimum absolute atomic E-state index is 0.0709. The number of ether oxygens (including phenoxy) is 1. The molecule has 2 rings (SSSR count). The molecule has 0 aliphatic heterocycles. The van der Waals surface area contributed by atoms with E-state index in [4.69, 9.17) is 10.5 Å². The molecular weight excluding hydrogens is 251 g/mol. The van der Waals surface area contributed by atoms with E-state index >= 15 is 0 Å². The van der Waals surface area contributed by atoms with Crippen LogP contribution in [-0.2, 0) is 0 Å². The highest BCUT2D eigenvalue weighted by Crippen LogP contribution is 2.30. The summed E-state index contributed by atoms with van der Waals surface area (Å²) in [6, 6.07) is 8.17. The lowest BCUT2D eigenvalue weighted by Gasteiger charge is -2.09. The van der Waals surface area contributed by atoms with Gasteiger partial charge in [0.15, 0.2) is 11.6 Å². The van der Waals surface area contributed by atoms with Gasteiger partial charge in [0.1, 0.15) is 5.75 Å². The lowest BCUT2D eigenvalue weighted by Crippen LogP contribution is -1.94. The van der Waals surface area contributed by atoms with Gasteiger partial charge in [-0.2, -0.15) is 0 Å². The summed E-state index contributed by atoms with van der Waals surface area (Å²) < 4.78 is 19.0. The molecule has 0 fully saturated rings. The van der Waals surface area contributed by atoms with Crippen molar-refractivity contribution < 1.29 is 14.1 Å². The summed E-state index contributed by atoms with van der Waals surface area (Å²) in [7, 11) is 0. The number of nitrogen functional groups attached to an aromatic ring is 1. The first kappa shape index (κ1) is 12.8. The molecule has 0 heterocycles. The molecule has 19 heavy (non-hydrogen) atoms. The summed E-state index contributed by atoms with van der Waals surface area (Å²) >= 11 is 0. The van der Waals surface area contributed by atoms with Crippen molar-refractivity contribution in [3.8, 4) is 11.5 Å². The van der Waals surface area contributed by atoms with Gasteiger partial charge in [-0.3, -0.25) is 10.1 Å². The Morgan fingerprint density at radius 3 is 2.47 bits per heavy atom. The van der Waals surface area contributed by atoms with Crippen molar-refractivity contribution >= 4 is 11.4 Å². The Balaban J connectivity index is 2.31. The molecule has 2 N–H and O–H groups in total. The van der Waals surface area contributed by atoms with Crippen molar-refractivity contribution in [1.29, 1.82) is 0 Å². The van der Waals surface area contributed by atoms with Gasteiger partial charge in [-0.15, -0.1) is 0 Å². The smallest absolute Gasteiger partial charge is 0.272 e. The molecule has 0 unspecified atom stereocenters. The molecule has 0 bridgehead atoms. The Morgan fingerprint density at radius 1 is 1.21 bits per heavy atom. The number of hydrogen-bond donors (Lipinski definition) is 1. The molecule has 0 atom stereocenters. The van der Waals surface area contributed by atoms with Crippen LogP contribution in [-0.4, -0.2) is 4.92 Å². The number of anilines is 1. The molecule has 0 aliphatic carbocycles. The third kappa shape index (κ3) is 2.79. The van der Waals surface area contributed by atoms with Crippen LogP contribution in [0.2, 0.25) is 0 Å². The standard InChI is InChI=1S/C13H11FN2O3/c1-8-6-9(15)2-4-12(8)19-13-5-3-10(16(17)18)7-11(13)14/h2-7H,15H2,1H3. The second-order valence-corrected chi connectivity index (χ2v) is 4.00. The number of nitro groups is 1. The maximum absolute atomic E-state index is 13.7. The predicted octanol–water partition coefficient (Wildman–Crippen LogP) is 3.42. The van der Waals surface area contributed by atoms with Gasteiger partial charge >= 0.3 is 0 Å². The fraction of sp³-hybridized carbons (Fsp3) is 0.0769. The average molecular weight is 262 g/mol. The molecule has 2 aromatic rings. The van der Waals surface area contributed by atoms with Gasteiger partial charge < -0.3 is 10.5 Å². The molecule has 2 aromatic carbocycles. The second kappa shape index (κ2) is 4.93. The van der Waals surface area contributed by atoms with E-state index in [0.717, 1.165) is 11.6 Å². The van der Waals surface area contributed by atoms with E-state index in [1.54, 1.807) is 25.1 Å². The third-order valence-corrected chi connectivity index (χ3v) is 2.55. The van der Waals surface area contributed by atoms with Crippen molar-refractivity contribution in [2.75, 3.05) is 5.73 Å². The SMILES string of the molecule is Cc1cc(N)ccc1Oc1ccc([N+](=O)[O-])cc1F. The van der Waals surface area contributed by atoms with Gasteiger partial charge in [-0.25, -0.2) is 4.39 Å². The van der Waals surface area contributed by atoms with Crippen LogP contribution in [0.4, 0.5) is 15.8 Å². The Bertz CT molecular complexity index is 644. The number of halogens is 1. The summed E-state index contributed by atoms with van der Waals surface area (Å²) in [5, 5.41) is 10.5. The molecule has 0 saturated carbocycles. The summed E-state index contributed by atoms with van der Waals surface area (Å²) in [6.45, 7) is 1.77. The molecule has 0 amide bonds. The largest absolute Gasteiger partial charge is 0.454 e. The van der Waals surface area contributed by atoms with Crippen LogP contribution in [0.1, 0.15) is 5.56 Å². The summed E-state index contributed by atoms with van der Waals surface area (Å²) in [6.07, 6.45) is 0. The fourth-order valence-corrected chi connectivity index (χ4v) is 1.59. The van der Waals surface area contributed by atoms with E-state index in [0.29, 0.717) is 11.4 Å². The van der Waals surface area contributed by atoms with Gasteiger partial charge in [0, 0.05) is 11.8 Å². The highest BCUT2D eigenvalue weighted by atomic mass is 19.1. The van der Waals surface area contributed by atoms with Gasteiger partial charge in [0.05, 0.1) is 11.0 Å². The quantitative estimate of drug-likeness (QED) is 0.522. The molecule has 0 spiro atoms. The van der Waals surface area contributed by atoms with Crippen LogP contribution in [0.15, 0.2) is 36.4 Å². The molecule has 0 aliphatic rings. The van der Waals surface area contributed by atoms with Crippen LogP contribution in [0.25, 0.3) is 0 Å². The zero-order valence-corrected chi connectivity index (χ0v) is 10.1. The molecular formula is C13H11FN2O3. The lowest BCUT2D eigenvalue weighted by atomic mass is 10.2. The molecule has 0 saturated heterocycles. The van der Waals surface area contributed by atoms with Crippen LogP contribution in [0, 0.1) is 22.9 Å². The number of nitrogens with zero attached hydrogens (tertiary/aromatic N) is 1. The van der Waals surface area contributed by atoms with Crippen LogP contribution >= 0.6 is 0 Å². The molecule has 0 aromatic heterocycles. The van der Waals surface area contributed by atoms with E-state index in [1.807, 2.05) is 0 Å². The predicted molar refractivity (Wildman–Crippen MR) is 68.7 cm³/mol. The minimum Gasteiger partial charge on any atom is -0.454 e. The summed E-state index contributed by atoms with van der Waals surface area (Å²) in [4.78, 5) is 9.83. The van der Waals surface area contributed by atoms with E-state index < -0.39 is 10.7 Å². The lowest BCUT2D eigenvalue weighted by molar-refractivity contribution is -0.385. The summed E-state index contributed by atoms with van der Waals surface area (Å²) in [5.41, 5.74) is 6.60. The highest BCUT2D eigenvalue weighted by molar-refractivity contribution is 5.49. The van der Waals surface area contributed by atoms with Crippen molar-refractivity contribution in [3.63, 3.8) is 0 Å². The maximum Gasteiger partial charge on any atom is 0.272 e. The zero-order chi connectivity index (χ0) is 14.0. The number of rotatable bonds is 3. The Kier molecular flexibility index (Phi) is 3.33. The zero-order valence-electron chi connectivity index (χ0n) is 10.1. The molecule has 5 nitrogen and oxygen atoms in total. The topological polar surface area (TPSA) is 78.4 Å². The van der Waals surface area contributed by atoms with Gasteiger partial charge in [-0.1, -0.05) is 0 Å². The first-order valence-electron chi connectivity index (χ1n) is 5.45. The first-order valence-corrected chi connectivity index (χ1v) is 5.45. The number of aryl methyl sites for hydroxylation is 1. The number of nitro benzene ring substituents is 1.